The van der Waals surface area contributed by atoms with Gasteiger partial charge in [0.15, 0.2) is 0 Å². The van der Waals surface area contributed by atoms with Crippen molar-refractivity contribution in [2.45, 2.75) is 5.82 Å². The van der Waals surface area contributed by atoms with E-state index in [-0.39, 0.29) is 0 Å². The first-order valence-electron chi connectivity index (χ1n) is 6.40. The lowest BCUT2D eigenvalue weighted by Gasteiger charge is -2.11. The van der Waals surface area contributed by atoms with Crippen LogP contribution in [0, 0.1) is 0 Å². The minimum absolute atomic E-state index is 0.484. The minimum atomic E-state index is 0.484. The summed E-state index contributed by atoms with van der Waals surface area (Å²) in [6.07, 6.45) is 5.08. The van der Waals surface area contributed by atoms with Crippen molar-refractivity contribution in [2.24, 2.45) is 0 Å². The zero-order valence-corrected chi connectivity index (χ0v) is 11.0. The summed E-state index contributed by atoms with van der Waals surface area (Å²) in [6.45, 7) is 0. The van der Waals surface area contributed by atoms with Gasteiger partial charge in [0.1, 0.15) is 7.85 Å². The normalized spacial score (nSPS) is 9.74. The lowest BCUT2D eigenvalue weighted by Crippen LogP contribution is -1.99. The number of aromatic amines is 1. The Balaban J connectivity index is 0.000000224. The highest BCUT2D eigenvalue weighted by atomic mass is 14.8. The molecular weight excluding hydrogens is 231 g/mol. The quantitative estimate of drug-likeness (QED) is 0.694. The molecule has 0 unspecified atom stereocenters. The van der Waals surface area contributed by atoms with E-state index in [1.54, 1.807) is 18.7 Å². The molecule has 0 fully saturated rings. The molecule has 0 bridgehead atoms. The SMILES string of the molecule is BC(c1ccccc1)c1ccccc1.c1c[nH]cn1. The van der Waals surface area contributed by atoms with Crippen molar-refractivity contribution in [3.05, 3.63) is 90.5 Å². The molecule has 0 amide bonds. The van der Waals surface area contributed by atoms with Gasteiger partial charge in [-0.1, -0.05) is 60.7 Å². The van der Waals surface area contributed by atoms with E-state index in [0.29, 0.717) is 5.82 Å². The van der Waals surface area contributed by atoms with Gasteiger partial charge in [0.25, 0.3) is 0 Å². The van der Waals surface area contributed by atoms with E-state index < -0.39 is 0 Å². The van der Waals surface area contributed by atoms with Gasteiger partial charge in [0.05, 0.1) is 6.33 Å². The van der Waals surface area contributed by atoms with E-state index in [9.17, 15) is 0 Å². The van der Waals surface area contributed by atoms with Crippen molar-refractivity contribution >= 4 is 7.85 Å². The first kappa shape index (κ1) is 13.2. The average molecular weight is 248 g/mol. The van der Waals surface area contributed by atoms with E-state index in [4.69, 9.17) is 0 Å². The Labute approximate surface area is 114 Å². The first-order valence-corrected chi connectivity index (χ1v) is 6.40. The summed E-state index contributed by atoms with van der Waals surface area (Å²) < 4.78 is 0. The molecule has 0 atom stereocenters. The van der Waals surface area contributed by atoms with E-state index in [1.807, 2.05) is 0 Å². The van der Waals surface area contributed by atoms with Crippen LogP contribution in [0.25, 0.3) is 0 Å². The highest BCUT2D eigenvalue weighted by Crippen LogP contribution is 2.20. The number of hydrogen-bond donors (Lipinski definition) is 1. The fourth-order valence-electron chi connectivity index (χ4n) is 1.89. The Bertz CT molecular complexity index is 493. The Hall–Kier alpha value is -2.29. The second-order valence-corrected chi connectivity index (χ2v) is 4.30. The Morgan fingerprint density at radius 3 is 1.68 bits per heavy atom. The topological polar surface area (TPSA) is 28.7 Å². The van der Waals surface area contributed by atoms with Crippen molar-refractivity contribution in [2.75, 3.05) is 0 Å². The monoisotopic (exact) mass is 248 g/mol. The summed E-state index contributed by atoms with van der Waals surface area (Å²) in [5.74, 6) is 0.484. The lowest BCUT2D eigenvalue weighted by atomic mass is 9.76. The molecule has 1 heterocycles. The van der Waals surface area contributed by atoms with Crippen LogP contribution in [0.1, 0.15) is 16.9 Å². The van der Waals surface area contributed by atoms with Crippen LogP contribution in [0.4, 0.5) is 0 Å². The molecule has 2 aromatic carbocycles. The van der Waals surface area contributed by atoms with Gasteiger partial charge in [0.2, 0.25) is 0 Å². The number of rotatable bonds is 2. The summed E-state index contributed by atoms with van der Waals surface area (Å²) in [6, 6.07) is 21.2. The van der Waals surface area contributed by atoms with Gasteiger partial charge < -0.3 is 4.98 Å². The summed E-state index contributed by atoms with van der Waals surface area (Å²) in [7, 11) is 2.24. The van der Waals surface area contributed by atoms with Gasteiger partial charge in [-0.2, -0.15) is 0 Å². The molecule has 0 saturated heterocycles. The highest BCUT2D eigenvalue weighted by Gasteiger charge is 2.05. The summed E-state index contributed by atoms with van der Waals surface area (Å²) in [5.41, 5.74) is 2.75. The van der Waals surface area contributed by atoms with E-state index >= 15 is 0 Å². The number of H-pyrrole nitrogens is 1. The molecule has 19 heavy (non-hydrogen) atoms. The van der Waals surface area contributed by atoms with Crippen LogP contribution in [0.5, 0.6) is 0 Å². The molecule has 1 aromatic heterocycles. The maximum absolute atomic E-state index is 3.67. The molecule has 3 aromatic rings. The maximum atomic E-state index is 3.67. The van der Waals surface area contributed by atoms with Crippen molar-refractivity contribution in [3.8, 4) is 0 Å². The number of aromatic nitrogens is 2. The number of imidazole rings is 1. The smallest absolute Gasteiger partial charge is 0.116 e. The predicted molar refractivity (Wildman–Crippen MR) is 81.9 cm³/mol. The largest absolute Gasteiger partial charge is 0.351 e. The van der Waals surface area contributed by atoms with Crippen LogP contribution in [0.3, 0.4) is 0 Å². The molecule has 3 rings (SSSR count). The summed E-state index contributed by atoms with van der Waals surface area (Å²) in [5, 5.41) is 0. The van der Waals surface area contributed by atoms with Crippen molar-refractivity contribution in [1.29, 1.82) is 0 Å². The minimum Gasteiger partial charge on any atom is -0.351 e. The van der Waals surface area contributed by atoms with Gasteiger partial charge >= 0.3 is 0 Å². The van der Waals surface area contributed by atoms with Gasteiger partial charge in [-0.25, -0.2) is 4.98 Å². The zero-order valence-electron chi connectivity index (χ0n) is 11.0. The van der Waals surface area contributed by atoms with Gasteiger partial charge in [-0.15, -0.1) is 0 Å². The fraction of sp³-hybridized carbons (Fsp3) is 0.0625. The lowest BCUT2D eigenvalue weighted by molar-refractivity contribution is 1.14. The fourth-order valence-corrected chi connectivity index (χ4v) is 1.89. The first-order chi connectivity index (χ1) is 9.38. The zero-order chi connectivity index (χ0) is 13.3. The predicted octanol–water partition coefficient (Wildman–Crippen LogP) is 2.82. The molecule has 0 saturated carbocycles. The molecule has 3 heteroatoms. The third-order valence-corrected chi connectivity index (χ3v) is 3.01. The van der Waals surface area contributed by atoms with Crippen LogP contribution in [-0.2, 0) is 0 Å². The third-order valence-electron chi connectivity index (χ3n) is 3.01. The molecule has 94 valence electrons. The number of benzene rings is 2. The number of nitrogens with one attached hydrogen (secondary N) is 1. The van der Waals surface area contributed by atoms with E-state index in [0.717, 1.165) is 0 Å². The maximum Gasteiger partial charge on any atom is 0.116 e. The molecule has 0 aliphatic heterocycles. The molecule has 0 aliphatic rings. The highest BCUT2D eigenvalue weighted by molar-refractivity contribution is 6.14. The van der Waals surface area contributed by atoms with Crippen molar-refractivity contribution in [3.63, 3.8) is 0 Å². The third kappa shape index (κ3) is 4.14. The second kappa shape index (κ2) is 7.22. The Morgan fingerprint density at radius 1 is 0.842 bits per heavy atom. The van der Waals surface area contributed by atoms with E-state index in [2.05, 4.69) is 78.5 Å². The van der Waals surface area contributed by atoms with Crippen LogP contribution in [0.15, 0.2) is 79.4 Å². The summed E-state index contributed by atoms with van der Waals surface area (Å²) in [4.78, 5) is 6.42. The molecule has 2 nitrogen and oxygen atoms in total. The number of nitrogens with zero attached hydrogens (tertiary/aromatic N) is 1. The number of hydrogen-bond acceptors (Lipinski definition) is 1. The van der Waals surface area contributed by atoms with Crippen LogP contribution < -0.4 is 0 Å². The van der Waals surface area contributed by atoms with Crippen LogP contribution in [0.2, 0.25) is 0 Å². The van der Waals surface area contributed by atoms with Gasteiger partial charge in [0, 0.05) is 12.4 Å². The van der Waals surface area contributed by atoms with E-state index in [1.165, 1.54) is 11.1 Å². The van der Waals surface area contributed by atoms with Crippen molar-refractivity contribution in [1.82, 2.24) is 9.97 Å². The molecule has 0 spiro atoms. The Kier molecular flexibility index (Phi) is 5.00. The summed E-state index contributed by atoms with van der Waals surface area (Å²) >= 11 is 0. The van der Waals surface area contributed by atoms with Crippen LogP contribution >= 0.6 is 0 Å². The standard InChI is InChI=1S/C13H13B.C3H4N2/c14-13(11-7-3-1-4-8-11)12-9-5-2-6-10-12;1-2-5-3-4-1/h1-10,13H,14H2;1-3H,(H,4,5). The van der Waals surface area contributed by atoms with Crippen molar-refractivity contribution < 1.29 is 0 Å². The molecule has 1 N–H and O–H groups in total. The average Bonchev–Trinajstić information content (AvgIpc) is 3.08. The molecule has 0 radical (unpaired) electrons. The Morgan fingerprint density at radius 2 is 1.37 bits per heavy atom. The molecule has 0 aliphatic carbocycles. The van der Waals surface area contributed by atoms with Gasteiger partial charge in [-0.05, 0) is 16.9 Å². The van der Waals surface area contributed by atoms with Gasteiger partial charge in [-0.3, -0.25) is 0 Å². The molecular formula is C16H17BN2. The van der Waals surface area contributed by atoms with Crippen LogP contribution in [-0.4, -0.2) is 17.8 Å². The second-order valence-electron chi connectivity index (χ2n) is 4.30.